The van der Waals surface area contributed by atoms with Crippen molar-refractivity contribution in [2.24, 2.45) is 5.73 Å². The maximum absolute atomic E-state index is 12.2. The minimum atomic E-state index is -0.556. The lowest BCUT2D eigenvalue weighted by Crippen LogP contribution is -2.36. The number of ether oxygens (including phenoxy) is 2. The molecule has 0 spiro atoms. The molecule has 0 unspecified atom stereocenters. The van der Waals surface area contributed by atoms with Crippen molar-refractivity contribution in [3.8, 4) is 5.75 Å². The summed E-state index contributed by atoms with van der Waals surface area (Å²) in [5.41, 5.74) is 6.73. The number of para-hydroxylation sites is 2. The second-order valence-electron chi connectivity index (χ2n) is 4.50. The summed E-state index contributed by atoms with van der Waals surface area (Å²) >= 11 is 1.34. The summed E-state index contributed by atoms with van der Waals surface area (Å²) in [6.07, 6.45) is 0. The molecule has 2 aliphatic heterocycles. The molecule has 1 fully saturated rings. The van der Waals surface area contributed by atoms with Gasteiger partial charge in [0.1, 0.15) is 10.9 Å². The van der Waals surface area contributed by atoms with Gasteiger partial charge in [-0.3, -0.25) is 9.69 Å². The molecule has 2 N–H and O–H groups in total. The quantitative estimate of drug-likeness (QED) is 0.827. The zero-order chi connectivity index (χ0) is 15.0. The van der Waals surface area contributed by atoms with Crippen molar-refractivity contribution in [3.05, 3.63) is 35.7 Å². The second kappa shape index (κ2) is 5.33. The molecule has 0 aromatic heterocycles. The smallest absolute Gasteiger partial charge is 0.342 e. The Hall–Kier alpha value is -2.15. The van der Waals surface area contributed by atoms with Crippen molar-refractivity contribution < 1.29 is 19.1 Å². The van der Waals surface area contributed by atoms with Gasteiger partial charge in [0, 0.05) is 0 Å². The largest absolute Gasteiger partial charge is 0.462 e. The number of nitrogens with zero attached hydrogens (tertiary/aromatic N) is 1. The lowest BCUT2D eigenvalue weighted by Gasteiger charge is -2.23. The van der Waals surface area contributed by atoms with Gasteiger partial charge in [0.25, 0.3) is 0 Å². The first-order valence-corrected chi connectivity index (χ1v) is 7.55. The van der Waals surface area contributed by atoms with Crippen molar-refractivity contribution >= 4 is 29.3 Å². The Kier molecular flexibility index (Phi) is 3.50. The van der Waals surface area contributed by atoms with Crippen LogP contribution in [0.15, 0.2) is 35.7 Å². The van der Waals surface area contributed by atoms with Crippen molar-refractivity contribution in [2.45, 2.75) is 12.3 Å². The average Bonchev–Trinajstić information content (AvgIpc) is 2.76. The van der Waals surface area contributed by atoms with Crippen LogP contribution in [0.3, 0.4) is 0 Å². The molecule has 6 nitrogen and oxygen atoms in total. The molecule has 0 aliphatic carbocycles. The third kappa shape index (κ3) is 2.23. The highest BCUT2D eigenvalue weighted by atomic mass is 32.2. The molecular formula is C14H14N2O4S. The number of benzene rings is 1. The first kappa shape index (κ1) is 13.8. The van der Waals surface area contributed by atoms with Gasteiger partial charge in [0.15, 0.2) is 5.75 Å². The predicted molar refractivity (Wildman–Crippen MR) is 78.6 cm³/mol. The molecule has 0 bridgehead atoms. The predicted octanol–water partition coefficient (Wildman–Crippen LogP) is 1.22. The number of amides is 1. The van der Waals surface area contributed by atoms with E-state index in [2.05, 4.69) is 0 Å². The monoisotopic (exact) mass is 306 g/mol. The normalized spacial score (nSPS) is 20.5. The Bertz CT molecular complexity index is 644. The fraction of sp³-hybridized carbons (Fsp3) is 0.286. The number of esters is 1. The Morgan fingerprint density at radius 2 is 2.29 bits per heavy atom. The number of carbonyl (C=O) groups is 2. The molecule has 1 aromatic carbocycles. The van der Waals surface area contributed by atoms with Gasteiger partial charge in [-0.05, 0) is 19.1 Å². The van der Waals surface area contributed by atoms with Crippen LogP contribution in [-0.4, -0.2) is 29.6 Å². The van der Waals surface area contributed by atoms with Crippen LogP contribution >= 0.6 is 11.8 Å². The van der Waals surface area contributed by atoms with Crippen LogP contribution in [0.1, 0.15) is 6.92 Å². The van der Waals surface area contributed by atoms with Gasteiger partial charge >= 0.3 is 5.97 Å². The standard InChI is InChI=1S/C14H14N2O4S/c1-2-19-14(18)11-12(15)20-9-6-4-3-5-8(9)16-10(17)7-21-13(11)16/h3-6,13H,2,7,15H2,1H3/t13-/m0/s1. The van der Waals surface area contributed by atoms with Crippen molar-refractivity contribution in [2.75, 3.05) is 17.3 Å². The number of rotatable bonds is 2. The number of carbonyl (C=O) groups excluding carboxylic acids is 2. The van der Waals surface area contributed by atoms with E-state index in [4.69, 9.17) is 15.2 Å². The van der Waals surface area contributed by atoms with Crippen LogP contribution in [-0.2, 0) is 14.3 Å². The molecule has 7 heteroatoms. The first-order chi connectivity index (χ1) is 10.1. The van der Waals surface area contributed by atoms with E-state index in [1.807, 2.05) is 0 Å². The number of nitrogens with two attached hydrogens (primary N) is 1. The highest BCUT2D eigenvalue weighted by Crippen LogP contribution is 2.43. The molecule has 21 heavy (non-hydrogen) atoms. The van der Waals surface area contributed by atoms with E-state index in [9.17, 15) is 9.59 Å². The van der Waals surface area contributed by atoms with Crippen LogP contribution in [0.5, 0.6) is 5.75 Å². The van der Waals surface area contributed by atoms with E-state index in [1.165, 1.54) is 11.8 Å². The summed E-state index contributed by atoms with van der Waals surface area (Å²) in [7, 11) is 0. The van der Waals surface area contributed by atoms with Crippen LogP contribution in [0.25, 0.3) is 0 Å². The van der Waals surface area contributed by atoms with Gasteiger partial charge in [-0.2, -0.15) is 0 Å². The Morgan fingerprint density at radius 3 is 3.05 bits per heavy atom. The molecule has 0 radical (unpaired) electrons. The summed E-state index contributed by atoms with van der Waals surface area (Å²) in [5, 5.41) is -0.514. The van der Waals surface area contributed by atoms with E-state index in [1.54, 1.807) is 36.1 Å². The maximum Gasteiger partial charge on any atom is 0.342 e. The van der Waals surface area contributed by atoms with E-state index in [0.717, 1.165) is 0 Å². The topological polar surface area (TPSA) is 81.9 Å². The summed E-state index contributed by atoms with van der Waals surface area (Å²) in [6, 6.07) is 7.07. The third-order valence-electron chi connectivity index (χ3n) is 3.22. The van der Waals surface area contributed by atoms with Gasteiger partial charge < -0.3 is 15.2 Å². The molecule has 1 aromatic rings. The fourth-order valence-electron chi connectivity index (χ4n) is 2.35. The number of hydrogen-bond acceptors (Lipinski definition) is 6. The van der Waals surface area contributed by atoms with Gasteiger partial charge in [-0.15, -0.1) is 11.8 Å². The summed E-state index contributed by atoms with van der Waals surface area (Å²) in [4.78, 5) is 25.9. The molecule has 3 rings (SSSR count). The van der Waals surface area contributed by atoms with Crippen molar-refractivity contribution in [1.82, 2.24) is 0 Å². The van der Waals surface area contributed by atoms with Crippen molar-refractivity contribution in [3.63, 3.8) is 0 Å². The van der Waals surface area contributed by atoms with E-state index in [-0.39, 0.29) is 29.7 Å². The molecule has 110 valence electrons. The zero-order valence-electron chi connectivity index (χ0n) is 11.4. The van der Waals surface area contributed by atoms with Crippen LogP contribution < -0.4 is 15.4 Å². The van der Waals surface area contributed by atoms with Gasteiger partial charge in [0.2, 0.25) is 11.8 Å². The Balaban J connectivity index is 2.12. The lowest BCUT2D eigenvalue weighted by atomic mass is 10.2. The first-order valence-electron chi connectivity index (χ1n) is 6.50. The van der Waals surface area contributed by atoms with E-state index < -0.39 is 11.3 Å². The van der Waals surface area contributed by atoms with E-state index in [0.29, 0.717) is 11.4 Å². The van der Waals surface area contributed by atoms with Gasteiger partial charge in [-0.1, -0.05) is 12.1 Å². The van der Waals surface area contributed by atoms with Crippen molar-refractivity contribution in [1.29, 1.82) is 0 Å². The summed E-state index contributed by atoms with van der Waals surface area (Å²) in [5.74, 6) is 0.0816. The minimum absolute atomic E-state index is 0.0180. The van der Waals surface area contributed by atoms with Gasteiger partial charge in [-0.25, -0.2) is 4.79 Å². The third-order valence-corrected chi connectivity index (χ3v) is 4.40. The summed E-state index contributed by atoms with van der Waals surface area (Å²) < 4.78 is 10.6. The number of thioether (sulfide) groups is 1. The SMILES string of the molecule is CCOC(=O)C1=C(N)Oc2ccccc2N2C(=O)CS[C@@H]12. The number of hydrogen-bond donors (Lipinski definition) is 1. The Morgan fingerprint density at radius 1 is 1.52 bits per heavy atom. The average molecular weight is 306 g/mol. The fourth-order valence-corrected chi connectivity index (χ4v) is 3.54. The lowest BCUT2D eigenvalue weighted by molar-refractivity contribution is -0.138. The highest BCUT2D eigenvalue weighted by Gasteiger charge is 2.43. The van der Waals surface area contributed by atoms with Crippen LogP contribution in [0, 0.1) is 0 Å². The van der Waals surface area contributed by atoms with Crippen LogP contribution in [0.2, 0.25) is 0 Å². The second-order valence-corrected chi connectivity index (χ2v) is 5.56. The molecule has 0 saturated carbocycles. The molecule has 1 saturated heterocycles. The molecule has 2 aliphatic rings. The molecule has 1 atom stereocenters. The Labute approximate surface area is 125 Å². The van der Waals surface area contributed by atoms with E-state index >= 15 is 0 Å². The number of anilines is 1. The maximum atomic E-state index is 12.2. The van der Waals surface area contributed by atoms with Crippen LogP contribution in [0.4, 0.5) is 5.69 Å². The molecule has 2 heterocycles. The zero-order valence-corrected chi connectivity index (χ0v) is 12.2. The molecular weight excluding hydrogens is 292 g/mol. The molecule has 1 amide bonds. The van der Waals surface area contributed by atoms with Gasteiger partial charge in [0.05, 0.1) is 18.0 Å². The summed E-state index contributed by atoms with van der Waals surface area (Å²) in [6.45, 7) is 1.94. The minimum Gasteiger partial charge on any atom is -0.462 e. The highest BCUT2D eigenvalue weighted by molar-refractivity contribution is 8.01. The number of fused-ring (bicyclic) bond motifs is 3.